The molecule has 2 aromatic carbocycles. The molecule has 2 aromatic rings. The first-order valence-electron chi connectivity index (χ1n) is 8.39. The largest absolute Gasteiger partial charge is 0.461 e. The number of hydrogen-bond donors (Lipinski definition) is 1. The number of esters is 2. The minimum Gasteiger partial charge on any atom is -0.461 e. The van der Waals surface area contributed by atoms with E-state index in [4.69, 9.17) is 49.4 Å². The summed E-state index contributed by atoms with van der Waals surface area (Å²) in [6.45, 7) is -0.218. The Morgan fingerprint density at radius 2 is 1.18 bits per heavy atom. The van der Waals surface area contributed by atoms with Gasteiger partial charge >= 0.3 is 11.9 Å². The van der Waals surface area contributed by atoms with Crippen LogP contribution in [0.5, 0.6) is 0 Å². The average molecular weight is 446 g/mol. The zero-order valence-electron chi connectivity index (χ0n) is 14.9. The topological polar surface area (TPSA) is 72.8 Å². The molecule has 5 nitrogen and oxygen atoms in total. The summed E-state index contributed by atoms with van der Waals surface area (Å²) < 4.78 is 8.50. The van der Waals surface area contributed by atoms with Crippen molar-refractivity contribution in [2.75, 3.05) is 6.61 Å². The molecule has 2 rings (SSSR count). The Hall–Kier alpha value is -1.79. The van der Waals surface area contributed by atoms with Gasteiger partial charge in [0.2, 0.25) is 3.79 Å². The van der Waals surface area contributed by atoms with Crippen molar-refractivity contribution in [3.63, 3.8) is 0 Å². The van der Waals surface area contributed by atoms with Crippen molar-refractivity contribution in [2.24, 2.45) is 0 Å². The molecule has 0 heterocycles. The van der Waals surface area contributed by atoms with Crippen LogP contribution in [-0.4, -0.2) is 27.4 Å². The molecule has 0 amide bonds. The van der Waals surface area contributed by atoms with E-state index in [0.29, 0.717) is 0 Å². The number of ether oxygens (including phenoxy) is 2. The Kier molecular flexibility index (Phi) is 8.58. The minimum atomic E-state index is -1.63. The number of aliphatic hydroxyl groups is 1. The van der Waals surface area contributed by atoms with Crippen molar-refractivity contribution >= 4 is 46.7 Å². The van der Waals surface area contributed by atoms with E-state index >= 15 is 0 Å². The Balaban J connectivity index is 1.77. The second-order valence-electron chi connectivity index (χ2n) is 6.08. The molecule has 0 atom stereocenters. The van der Waals surface area contributed by atoms with Crippen LogP contribution in [0, 0.1) is 0 Å². The first-order valence-corrected chi connectivity index (χ1v) is 9.53. The van der Waals surface area contributed by atoms with Crippen molar-refractivity contribution in [2.45, 2.75) is 29.8 Å². The lowest BCUT2D eigenvalue weighted by Gasteiger charge is -2.11. The number of halogens is 3. The smallest absolute Gasteiger partial charge is 0.310 e. The number of rotatable bonds is 8. The molecule has 0 radical (unpaired) electrons. The van der Waals surface area contributed by atoms with Gasteiger partial charge in [0.25, 0.3) is 0 Å². The van der Waals surface area contributed by atoms with Gasteiger partial charge < -0.3 is 14.6 Å². The summed E-state index contributed by atoms with van der Waals surface area (Å²) in [5.74, 6) is -0.853. The van der Waals surface area contributed by atoms with Gasteiger partial charge in [-0.25, -0.2) is 0 Å². The molecule has 1 N–H and O–H groups in total. The van der Waals surface area contributed by atoms with Gasteiger partial charge in [-0.1, -0.05) is 83.3 Å². The lowest BCUT2D eigenvalue weighted by Crippen LogP contribution is -2.18. The first kappa shape index (κ1) is 22.5. The maximum atomic E-state index is 11.9. The summed E-state index contributed by atoms with van der Waals surface area (Å²) in [6.07, 6.45) is 0.198. The molecule has 0 fully saturated rings. The van der Waals surface area contributed by atoms with Crippen LogP contribution in [-0.2, 0) is 45.1 Å². The maximum absolute atomic E-state index is 11.9. The van der Waals surface area contributed by atoms with Crippen LogP contribution >= 0.6 is 34.8 Å². The Morgan fingerprint density at radius 1 is 0.750 bits per heavy atom. The van der Waals surface area contributed by atoms with Crippen molar-refractivity contribution in [3.8, 4) is 0 Å². The number of aliphatic hydroxyl groups excluding tert-OH is 1. The molecule has 28 heavy (non-hydrogen) atoms. The Bertz CT molecular complexity index is 783. The van der Waals surface area contributed by atoms with Crippen molar-refractivity contribution in [1.29, 1.82) is 0 Å². The molecule has 0 spiro atoms. The summed E-state index contributed by atoms with van der Waals surface area (Å²) in [6, 6.07) is 14.1. The molecular weight excluding hydrogens is 427 g/mol. The molecule has 0 aromatic heterocycles. The molecule has 0 aliphatic rings. The highest BCUT2D eigenvalue weighted by atomic mass is 35.6. The normalized spacial score (nSPS) is 11.1. The molecular formula is C20H19Cl3O5. The molecule has 0 aliphatic heterocycles. The SMILES string of the molecule is O=C(Cc1ccc(CO)cc1)OCc1ccc(CC(=O)OCC(Cl)(Cl)Cl)cc1. The second kappa shape index (κ2) is 10.7. The minimum absolute atomic E-state index is 0.0364. The van der Waals surface area contributed by atoms with E-state index in [2.05, 4.69) is 0 Å². The highest BCUT2D eigenvalue weighted by Crippen LogP contribution is 2.26. The van der Waals surface area contributed by atoms with Crippen molar-refractivity contribution in [1.82, 2.24) is 0 Å². The van der Waals surface area contributed by atoms with Crippen LogP contribution in [0.15, 0.2) is 48.5 Å². The third-order valence-electron chi connectivity index (χ3n) is 3.72. The van der Waals surface area contributed by atoms with Gasteiger partial charge in [-0.15, -0.1) is 0 Å². The van der Waals surface area contributed by atoms with Gasteiger partial charge in [0, 0.05) is 0 Å². The molecule has 0 unspecified atom stereocenters. The van der Waals surface area contributed by atoms with Crippen molar-refractivity contribution < 1.29 is 24.2 Å². The van der Waals surface area contributed by atoms with Gasteiger partial charge in [0.15, 0.2) is 0 Å². The van der Waals surface area contributed by atoms with E-state index in [0.717, 1.165) is 22.3 Å². The fraction of sp³-hybridized carbons (Fsp3) is 0.300. The third-order valence-corrected chi connectivity index (χ3v) is 4.05. The lowest BCUT2D eigenvalue weighted by atomic mass is 10.1. The monoisotopic (exact) mass is 444 g/mol. The zero-order valence-corrected chi connectivity index (χ0v) is 17.1. The molecule has 8 heteroatoms. The summed E-state index contributed by atoms with van der Waals surface area (Å²) in [5.41, 5.74) is 3.12. The first-order chi connectivity index (χ1) is 13.2. The summed E-state index contributed by atoms with van der Waals surface area (Å²) >= 11 is 16.6. The fourth-order valence-electron chi connectivity index (χ4n) is 2.28. The van der Waals surface area contributed by atoms with E-state index in [9.17, 15) is 9.59 Å². The number of alkyl halides is 3. The van der Waals surface area contributed by atoms with E-state index < -0.39 is 9.76 Å². The molecule has 0 bridgehead atoms. The average Bonchev–Trinajstić information content (AvgIpc) is 2.66. The lowest BCUT2D eigenvalue weighted by molar-refractivity contribution is -0.144. The van der Waals surface area contributed by atoms with Crippen LogP contribution in [0.25, 0.3) is 0 Å². The number of benzene rings is 2. The highest BCUT2D eigenvalue weighted by Gasteiger charge is 2.22. The second-order valence-corrected chi connectivity index (χ2v) is 8.60. The van der Waals surface area contributed by atoms with Crippen LogP contribution in [0.1, 0.15) is 22.3 Å². The molecule has 0 saturated heterocycles. The van der Waals surface area contributed by atoms with Crippen LogP contribution in [0.3, 0.4) is 0 Å². The highest BCUT2D eigenvalue weighted by molar-refractivity contribution is 6.67. The van der Waals surface area contributed by atoms with Gasteiger partial charge in [-0.05, 0) is 22.3 Å². The maximum Gasteiger partial charge on any atom is 0.310 e. The van der Waals surface area contributed by atoms with Crippen LogP contribution < -0.4 is 0 Å². The number of hydrogen-bond acceptors (Lipinski definition) is 5. The van der Waals surface area contributed by atoms with Crippen LogP contribution in [0.4, 0.5) is 0 Å². The Morgan fingerprint density at radius 3 is 1.64 bits per heavy atom. The Labute approximate surface area is 178 Å². The molecule has 0 aliphatic carbocycles. The van der Waals surface area contributed by atoms with Crippen molar-refractivity contribution in [3.05, 3.63) is 70.8 Å². The molecule has 0 saturated carbocycles. The van der Waals surface area contributed by atoms with Gasteiger partial charge in [0.1, 0.15) is 13.2 Å². The zero-order chi connectivity index (χ0) is 20.6. The van der Waals surface area contributed by atoms with E-state index in [1.165, 1.54) is 0 Å². The number of carbonyl (C=O) groups is 2. The van der Waals surface area contributed by atoms with Crippen LogP contribution in [0.2, 0.25) is 0 Å². The van der Waals surface area contributed by atoms with E-state index in [1.54, 1.807) is 48.5 Å². The molecule has 150 valence electrons. The third kappa shape index (κ3) is 8.48. The standard InChI is InChI=1S/C20H19Cl3O5/c21-20(22,23)13-28-19(26)10-15-3-7-17(8-4-15)12-27-18(25)9-14-1-5-16(11-24)6-2-14/h1-8,24H,9-13H2. The van der Waals surface area contributed by atoms with Gasteiger partial charge in [-0.3, -0.25) is 9.59 Å². The van der Waals surface area contributed by atoms with E-state index in [-0.39, 0.29) is 38.6 Å². The summed E-state index contributed by atoms with van der Waals surface area (Å²) in [7, 11) is 0. The predicted octanol–water partition coefficient (Wildman–Crippen LogP) is 3.92. The van der Waals surface area contributed by atoms with Gasteiger partial charge in [-0.2, -0.15) is 0 Å². The van der Waals surface area contributed by atoms with Gasteiger partial charge in [0.05, 0.1) is 19.4 Å². The quantitative estimate of drug-likeness (QED) is 0.492. The van der Waals surface area contributed by atoms with E-state index in [1.807, 2.05) is 0 Å². The summed E-state index contributed by atoms with van der Waals surface area (Å²) in [4.78, 5) is 23.6. The fourth-order valence-corrected chi connectivity index (χ4v) is 2.44. The summed E-state index contributed by atoms with van der Waals surface area (Å²) in [5, 5.41) is 9.01. The number of carbonyl (C=O) groups excluding carboxylic acids is 2. The predicted molar refractivity (Wildman–Crippen MR) is 107 cm³/mol.